The molecule has 9 heteroatoms. The molecule has 3 aromatic rings. The standard InChI is InChI=1S/C23H21F3N2O3S/c1-16-7-13-20(14-8-16)32(30,31)28-21(15-17-5-3-2-4-6-17)22(29)27-19-11-9-18(10-12-19)23(24,25)26/h2-14,21,28H,15H2,1H3,(H,27,29)/t21-/m1/s1. The largest absolute Gasteiger partial charge is 0.416 e. The summed E-state index contributed by atoms with van der Waals surface area (Å²) in [7, 11) is -4.02. The highest BCUT2D eigenvalue weighted by atomic mass is 32.2. The second-order valence-electron chi connectivity index (χ2n) is 7.24. The molecule has 0 fully saturated rings. The van der Waals surface area contributed by atoms with Crippen molar-refractivity contribution in [2.45, 2.75) is 30.5 Å². The third-order valence-corrected chi connectivity index (χ3v) is 6.20. The summed E-state index contributed by atoms with van der Waals surface area (Å²) in [5, 5.41) is 2.49. The van der Waals surface area contributed by atoms with Gasteiger partial charge in [-0.2, -0.15) is 17.9 Å². The molecule has 32 heavy (non-hydrogen) atoms. The Kier molecular flexibility index (Phi) is 7.00. The smallest absolute Gasteiger partial charge is 0.325 e. The molecule has 3 aromatic carbocycles. The van der Waals surface area contributed by atoms with Gasteiger partial charge in [-0.1, -0.05) is 48.0 Å². The van der Waals surface area contributed by atoms with Crippen molar-refractivity contribution >= 4 is 21.6 Å². The predicted molar refractivity (Wildman–Crippen MR) is 116 cm³/mol. The molecule has 0 heterocycles. The Bertz CT molecular complexity index is 1160. The van der Waals surface area contributed by atoms with Crippen LogP contribution in [0.25, 0.3) is 0 Å². The molecular formula is C23H21F3N2O3S. The summed E-state index contributed by atoms with van der Waals surface area (Å²) < 4.78 is 66.4. The first-order valence-electron chi connectivity index (χ1n) is 9.66. The Hall–Kier alpha value is -3.17. The predicted octanol–water partition coefficient (Wildman–Crippen LogP) is 4.54. The first kappa shape index (κ1) is 23.5. The van der Waals surface area contributed by atoms with Gasteiger partial charge in [0, 0.05) is 5.69 Å². The third-order valence-electron chi connectivity index (χ3n) is 4.71. The lowest BCUT2D eigenvalue weighted by Gasteiger charge is -2.19. The summed E-state index contributed by atoms with van der Waals surface area (Å²) in [4.78, 5) is 12.9. The van der Waals surface area contributed by atoms with Crippen LogP contribution in [0.15, 0.2) is 83.8 Å². The minimum atomic E-state index is -4.50. The molecule has 0 aromatic heterocycles. The number of hydrogen-bond acceptors (Lipinski definition) is 3. The second-order valence-corrected chi connectivity index (χ2v) is 8.95. The van der Waals surface area contributed by atoms with Crippen LogP contribution in [0.5, 0.6) is 0 Å². The molecule has 0 aliphatic rings. The molecule has 0 aliphatic heterocycles. The van der Waals surface area contributed by atoms with Crippen molar-refractivity contribution in [3.05, 3.63) is 95.6 Å². The quantitative estimate of drug-likeness (QED) is 0.541. The van der Waals surface area contributed by atoms with E-state index in [0.29, 0.717) is 5.56 Å². The number of aryl methyl sites for hydroxylation is 1. The van der Waals surface area contributed by atoms with Crippen LogP contribution in [0.1, 0.15) is 16.7 Å². The van der Waals surface area contributed by atoms with Gasteiger partial charge in [-0.05, 0) is 55.3 Å². The number of hydrogen-bond donors (Lipinski definition) is 2. The fourth-order valence-corrected chi connectivity index (χ4v) is 4.18. The van der Waals surface area contributed by atoms with Crippen LogP contribution in [0.3, 0.4) is 0 Å². The number of alkyl halides is 3. The highest BCUT2D eigenvalue weighted by Crippen LogP contribution is 2.29. The number of halogens is 3. The van der Waals surface area contributed by atoms with Gasteiger partial charge in [0.1, 0.15) is 6.04 Å². The minimum absolute atomic E-state index is 0.00323. The van der Waals surface area contributed by atoms with E-state index in [1.54, 1.807) is 42.5 Å². The van der Waals surface area contributed by atoms with Gasteiger partial charge in [0.2, 0.25) is 15.9 Å². The fourth-order valence-electron chi connectivity index (χ4n) is 2.98. The molecule has 0 spiro atoms. The summed E-state index contributed by atoms with van der Waals surface area (Å²) in [6.45, 7) is 1.82. The van der Waals surface area contributed by atoms with Gasteiger partial charge in [0.25, 0.3) is 0 Å². The highest BCUT2D eigenvalue weighted by molar-refractivity contribution is 7.89. The van der Waals surface area contributed by atoms with E-state index in [-0.39, 0.29) is 17.0 Å². The maximum atomic E-state index is 12.9. The molecule has 5 nitrogen and oxygen atoms in total. The van der Waals surface area contributed by atoms with Gasteiger partial charge in [0.05, 0.1) is 10.5 Å². The monoisotopic (exact) mass is 462 g/mol. The van der Waals surface area contributed by atoms with Gasteiger partial charge in [-0.15, -0.1) is 0 Å². The molecule has 0 unspecified atom stereocenters. The highest BCUT2D eigenvalue weighted by Gasteiger charge is 2.30. The molecule has 168 valence electrons. The van der Waals surface area contributed by atoms with Crippen molar-refractivity contribution in [1.82, 2.24) is 4.72 Å². The lowest BCUT2D eigenvalue weighted by atomic mass is 10.1. The minimum Gasteiger partial charge on any atom is -0.325 e. The summed E-state index contributed by atoms with van der Waals surface area (Å²) in [6, 6.07) is 17.7. The van der Waals surface area contributed by atoms with Crippen molar-refractivity contribution in [2.24, 2.45) is 0 Å². The zero-order chi connectivity index (χ0) is 23.4. The molecular weight excluding hydrogens is 441 g/mol. The van der Waals surface area contributed by atoms with E-state index in [4.69, 9.17) is 0 Å². The van der Waals surface area contributed by atoms with Crippen LogP contribution in [-0.2, 0) is 27.4 Å². The maximum absolute atomic E-state index is 12.9. The number of nitrogens with one attached hydrogen (secondary N) is 2. The normalized spacial score (nSPS) is 12.9. The number of rotatable bonds is 7. The number of carbonyl (C=O) groups is 1. The Labute approximate surface area is 184 Å². The van der Waals surface area contributed by atoms with E-state index in [0.717, 1.165) is 29.8 Å². The zero-order valence-electron chi connectivity index (χ0n) is 17.1. The van der Waals surface area contributed by atoms with Crippen LogP contribution < -0.4 is 10.0 Å². The lowest BCUT2D eigenvalue weighted by Crippen LogP contribution is -2.45. The molecule has 2 N–H and O–H groups in total. The summed E-state index contributed by atoms with van der Waals surface area (Å²) >= 11 is 0. The van der Waals surface area contributed by atoms with Gasteiger partial charge in [0.15, 0.2) is 0 Å². The van der Waals surface area contributed by atoms with Crippen LogP contribution in [-0.4, -0.2) is 20.4 Å². The van der Waals surface area contributed by atoms with Crippen LogP contribution in [0.2, 0.25) is 0 Å². The Morgan fingerprint density at radius 1 is 0.906 bits per heavy atom. The average Bonchev–Trinajstić information content (AvgIpc) is 2.74. The maximum Gasteiger partial charge on any atom is 0.416 e. The fraction of sp³-hybridized carbons (Fsp3) is 0.174. The van der Waals surface area contributed by atoms with Crippen molar-refractivity contribution in [1.29, 1.82) is 0 Å². The number of sulfonamides is 1. The molecule has 0 aliphatic carbocycles. The van der Waals surface area contributed by atoms with E-state index in [1.165, 1.54) is 12.1 Å². The van der Waals surface area contributed by atoms with Gasteiger partial charge in [-0.25, -0.2) is 8.42 Å². The molecule has 1 atom stereocenters. The van der Waals surface area contributed by atoms with E-state index in [9.17, 15) is 26.4 Å². The number of amides is 1. The Morgan fingerprint density at radius 2 is 1.50 bits per heavy atom. The van der Waals surface area contributed by atoms with Gasteiger partial charge >= 0.3 is 6.18 Å². The molecule has 1 amide bonds. The van der Waals surface area contributed by atoms with E-state index >= 15 is 0 Å². The molecule has 0 saturated carbocycles. The molecule has 0 radical (unpaired) electrons. The number of carbonyl (C=O) groups excluding carboxylic acids is 1. The van der Waals surface area contributed by atoms with Gasteiger partial charge in [-0.3, -0.25) is 4.79 Å². The Morgan fingerprint density at radius 3 is 2.06 bits per heavy atom. The average molecular weight is 462 g/mol. The van der Waals surface area contributed by atoms with Crippen molar-refractivity contribution in [2.75, 3.05) is 5.32 Å². The van der Waals surface area contributed by atoms with E-state index in [2.05, 4.69) is 10.0 Å². The van der Waals surface area contributed by atoms with Gasteiger partial charge < -0.3 is 5.32 Å². The number of benzene rings is 3. The van der Waals surface area contributed by atoms with Crippen molar-refractivity contribution < 1.29 is 26.4 Å². The van der Waals surface area contributed by atoms with Crippen LogP contribution >= 0.6 is 0 Å². The first-order valence-corrected chi connectivity index (χ1v) is 11.1. The molecule has 3 rings (SSSR count). The van der Waals surface area contributed by atoms with Crippen molar-refractivity contribution in [3.8, 4) is 0 Å². The summed E-state index contributed by atoms with van der Waals surface area (Å²) in [5.41, 5.74) is 0.864. The lowest BCUT2D eigenvalue weighted by molar-refractivity contribution is -0.137. The summed E-state index contributed by atoms with van der Waals surface area (Å²) in [5.74, 6) is -0.690. The second kappa shape index (κ2) is 9.54. The summed E-state index contributed by atoms with van der Waals surface area (Å²) in [6.07, 6.45) is -4.44. The van der Waals surface area contributed by atoms with E-state index < -0.39 is 33.7 Å². The van der Waals surface area contributed by atoms with Crippen LogP contribution in [0, 0.1) is 6.92 Å². The van der Waals surface area contributed by atoms with Crippen LogP contribution in [0.4, 0.5) is 18.9 Å². The molecule has 0 bridgehead atoms. The van der Waals surface area contributed by atoms with Crippen molar-refractivity contribution in [3.63, 3.8) is 0 Å². The number of anilines is 1. The third kappa shape index (κ3) is 6.18. The first-order chi connectivity index (χ1) is 15.0. The van der Waals surface area contributed by atoms with E-state index in [1.807, 2.05) is 6.92 Å². The zero-order valence-corrected chi connectivity index (χ0v) is 17.9. The molecule has 0 saturated heterocycles. The Balaban J connectivity index is 1.83. The SMILES string of the molecule is Cc1ccc(S(=O)(=O)N[C@H](Cc2ccccc2)C(=O)Nc2ccc(C(F)(F)F)cc2)cc1. The topological polar surface area (TPSA) is 75.3 Å².